The Balaban J connectivity index is 2.52. The van der Waals surface area contributed by atoms with Gasteiger partial charge in [-0.25, -0.2) is 9.97 Å². The Morgan fingerprint density at radius 3 is 2.94 bits per heavy atom. The Morgan fingerprint density at radius 2 is 2.25 bits per heavy atom. The van der Waals surface area contributed by atoms with Crippen molar-refractivity contribution in [1.29, 1.82) is 0 Å². The van der Waals surface area contributed by atoms with Crippen LogP contribution in [0.2, 0.25) is 0 Å². The fraction of sp³-hybridized carbons (Fsp3) is 0.455. The number of rotatable bonds is 3. The average molecular weight is 237 g/mol. The van der Waals surface area contributed by atoms with E-state index in [9.17, 15) is 0 Å². The highest BCUT2D eigenvalue weighted by Gasteiger charge is 2.15. The van der Waals surface area contributed by atoms with Gasteiger partial charge >= 0.3 is 0 Å². The summed E-state index contributed by atoms with van der Waals surface area (Å²) in [6, 6.07) is 0.0560. The summed E-state index contributed by atoms with van der Waals surface area (Å²) < 4.78 is 1.09. The molecular weight excluding hydrogens is 222 g/mol. The van der Waals surface area contributed by atoms with E-state index in [2.05, 4.69) is 15.3 Å². The molecule has 0 aliphatic heterocycles. The Kier molecular flexibility index (Phi) is 3.07. The van der Waals surface area contributed by atoms with Gasteiger partial charge in [-0.3, -0.25) is 0 Å². The molecule has 0 saturated carbocycles. The Labute approximate surface area is 98.6 Å². The number of aromatic nitrogens is 2. The van der Waals surface area contributed by atoms with Gasteiger partial charge in [0, 0.05) is 7.05 Å². The molecule has 2 heterocycles. The molecule has 5 heteroatoms. The molecule has 2 rings (SSSR count). The van der Waals surface area contributed by atoms with E-state index >= 15 is 0 Å². The predicted octanol–water partition coefficient (Wildman–Crippen LogP) is 1.82. The van der Waals surface area contributed by atoms with Crippen molar-refractivity contribution in [3.63, 3.8) is 0 Å². The molecule has 86 valence electrons. The maximum Gasteiger partial charge on any atom is 0.150 e. The van der Waals surface area contributed by atoms with E-state index in [1.807, 2.05) is 25.8 Å². The van der Waals surface area contributed by atoms with E-state index in [1.54, 1.807) is 17.7 Å². The molecule has 2 aromatic heterocycles. The molecule has 0 radical (unpaired) electrons. The Morgan fingerprint density at radius 1 is 1.50 bits per heavy atom. The lowest BCUT2D eigenvalue weighted by Crippen LogP contribution is -2.32. The Bertz CT molecular complexity index is 497. The summed E-state index contributed by atoms with van der Waals surface area (Å²) in [5.41, 5.74) is 2.18. The maximum atomic E-state index is 9.16. The molecule has 0 bridgehead atoms. The van der Waals surface area contributed by atoms with Crippen LogP contribution >= 0.6 is 11.3 Å². The Hall–Kier alpha value is -1.20. The highest BCUT2D eigenvalue weighted by Crippen LogP contribution is 2.30. The second kappa shape index (κ2) is 4.35. The first-order chi connectivity index (χ1) is 7.65. The van der Waals surface area contributed by atoms with Crippen LogP contribution in [0.25, 0.3) is 10.2 Å². The van der Waals surface area contributed by atoms with Gasteiger partial charge in [0.05, 0.1) is 22.9 Å². The standard InChI is InChI=1S/C11H15N3OS/c1-7-5-16-10-9(7)12-6-13-11(10)14(3)8(2)4-15/h5-6,8,15H,4H2,1-3H3. The summed E-state index contributed by atoms with van der Waals surface area (Å²) in [6.07, 6.45) is 1.58. The minimum Gasteiger partial charge on any atom is -0.394 e. The number of likely N-dealkylation sites (N-methyl/N-ethyl adjacent to an activating group) is 1. The molecule has 0 spiro atoms. The topological polar surface area (TPSA) is 49.2 Å². The summed E-state index contributed by atoms with van der Waals surface area (Å²) in [6.45, 7) is 4.13. The monoisotopic (exact) mass is 237 g/mol. The van der Waals surface area contributed by atoms with Gasteiger partial charge in [0.1, 0.15) is 12.1 Å². The first-order valence-electron chi connectivity index (χ1n) is 5.17. The van der Waals surface area contributed by atoms with Crippen LogP contribution in [0.5, 0.6) is 0 Å². The third-order valence-electron chi connectivity index (χ3n) is 2.77. The number of thiophene rings is 1. The van der Waals surface area contributed by atoms with Crippen molar-refractivity contribution in [1.82, 2.24) is 9.97 Å². The zero-order valence-electron chi connectivity index (χ0n) is 9.64. The van der Waals surface area contributed by atoms with Gasteiger partial charge in [-0.2, -0.15) is 0 Å². The molecule has 0 fully saturated rings. The molecular formula is C11H15N3OS. The summed E-state index contributed by atoms with van der Waals surface area (Å²) in [7, 11) is 1.94. The molecule has 1 unspecified atom stereocenters. The number of aliphatic hydroxyl groups excluding tert-OH is 1. The van der Waals surface area contributed by atoms with Crippen LogP contribution in [-0.4, -0.2) is 34.8 Å². The van der Waals surface area contributed by atoms with Crippen molar-refractivity contribution in [2.45, 2.75) is 19.9 Å². The van der Waals surface area contributed by atoms with Gasteiger partial charge in [0.25, 0.3) is 0 Å². The molecule has 0 saturated heterocycles. The zero-order valence-corrected chi connectivity index (χ0v) is 10.5. The van der Waals surface area contributed by atoms with E-state index in [4.69, 9.17) is 5.11 Å². The van der Waals surface area contributed by atoms with E-state index in [1.165, 1.54) is 5.56 Å². The highest BCUT2D eigenvalue weighted by atomic mass is 32.1. The van der Waals surface area contributed by atoms with Crippen LogP contribution < -0.4 is 4.90 Å². The van der Waals surface area contributed by atoms with Gasteiger partial charge in [-0.1, -0.05) is 0 Å². The summed E-state index contributed by atoms with van der Waals surface area (Å²) in [4.78, 5) is 10.6. The first kappa shape index (κ1) is 11.3. The third kappa shape index (κ3) is 1.76. The molecule has 0 aliphatic carbocycles. The van der Waals surface area contributed by atoms with Crippen LogP contribution in [0.1, 0.15) is 12.5 Å². The SMILES string of the molecule is Cc1csc2c(N(C)C(C)CO)ncnc12. The van der Waals surface area contributed by atoms with E-state index in [0.29, 0.717) is 0 Å². The number of anilines is 1. The fourth-order valence-electron chi connectivity index (χ4n) is 1.54. The van der Waals surface area contributed by atoms with Gasteiger partial charge in [-0.05, 0) is 24.8 Å². The summed E-state index contributed by atoms with van der Waals surface area (Å²) in [5, 5.41) is 11.2. The molecule has 16 heavy (non-hydrogen) atoms. The molecule has 2 aromatic rings. The van der Waals surface area contributed by atoms with Gasteiger partial charge in [0.2, 0.25) is 0 Å². The fourth-order valence-corrected chi connectivity index (χ4v) is 2.57. The lowest BCUT2D eigenvalue weighted by molar-refractivity contribution is 0.270. The largest absolute Gasteiger partial charge is 0.394 e. The van der Waals surface area contributed by atoms with E-state index in [-0.39, 0.29) is 12.6 Å². The minimum atomic E-state index is 0.0560. The normalized spacial score (nSPS) is 13.0. The lowest BCUT2D eigenvalue weighted by Gasteiger charge is -2.24. The van der Waals surface area contributed by atoms with Gasteiger partial charge < -0.3 is 10.0 Å². The minimum absolute atomic E-state index is 0.0560. The number of aryl methyl sites for hydroxylation is 1. The molecule has 4 nitrogen and oxygen atoms in total. The zero-order chi connectivity index (χ0) is 11.7. The van der Waals surface area contributed by atoms with Crippen LogP contribution in [-0.2, 0) is 0 Å². The first-order valence-corrected chi connectivity index (χ1v) is 6.05. The molecule has 0 amide bonds. The number of hydrogen-bond donors (Lipinski definition) is 1. The van der Waals surface area contributed by atoms with E-state index in [0.717, 1.165) is 16.0 Å². The quantitative estimate of drug-likeness (QED) is 0.884. The van der Waals surface area contributed by atoms with Crippen LogP contribution in [0.15, 0.2) is 11.7 Å². The predicted molar refractivity (Wildman–Crippen MR) is 67.1 cm³/mol. The second-order valence-electron chi connectivity index (χ2n) is 3.94. The van der Waals surface area contributed by atoms with E-state index < -0.39 is 0 Å². The van der Waals surface area contributed by atoms with Crippen molar-refractivity contribution in [3.8, 4) is 0 Å². The maximum absolute atomic E-state index is 9.16. The molecule has 1 N–H and O–H groups in total. The van der Waals surface area contributed by atoms with Crippen LogP contribution in [0.4, 0.5) is 5.82 Å². The molecule has 1 atom stereocenters. The summed E-state index contributed by atoms with van der Waals surface area (Å²) in [5.74, 6) is 0.893. The lowest BCUT2D eigenvalue weighted by atomic mass is 10.3. The molecule has 0 aliphatic rings. The number of nitrogens with zero attached hydrogens (tertiary/aromatic N) is 3. The average Bonchev–Trinajstić information content (AvgIpc) is 2.69. The second-order valence-corrected chi connectivity index (χ2v) is 4.82. The van der Waals surface area contributed by atoms with Crippen molar-refractivity contribution in [2.75, 3.05) is 18.6 Å². The number of fused-ring (bicyclic) bond motifs is 1. The van der Waals surface area contributed by atoms with Crippen molar-refractivity contribution >= 4 is 27.4 Å². The van der Waals surface area contributed by atoms with Crippen LogP contribution in [0, 0.1) is 6.92 Å². The smallest absolute Gasteiger partial charge is 0.150 e. The highest BCUT2D eigenvalue weighted by molar-refractivity contribution is 7.18. The molecule has 0 aromatic carbocycles. The van der Waals surface area contributed by atoms with Crippen molar-refractivity contribution in [2.24, 2.45) is 0 Å². The van der Waals surface area contributed by atoms with Crippen molar-refractivity contribution < 1.29 is 5.11 Å². The van der Waals surface area contributed by atoms with Gasteiger partial charge in [0.15, 0.2) is 0 Å². The number of aliphatic hydroxyl groups is 1. The van der Waals surface area contributed by atoms with Crippen LogP contribution in [0.3, 0.4) is 0 Å². The van der Waals surface area contributed by atoms with Gasteiger partial charge in [-0.15, -0.1) is 11.3 Å². The number of hydrogen-bond acceptors (Lipinski definition) is 5. The van der Waals surface area contributed by atoms with Crippen molar-refractivity contribution in [3.05, 3.63) is 17.3 Å². The third-order valence-corrected chi connectivity index (χ3v) is 3.85. The summed E-state index contributed by atoms with van der Waals surface area (Å²) >= 11 is 1.65.